The molecule has 0 aliphatic carbocycles. The number of nitrogens with one attached hydrogen (secondary N) is 2. The molecule has 10 heteroatoms. The molecule has 1 aliphatic rings. The molecule has 0 bridgehead atoms. The Morgan fingerprint density at radius 3 is 2.90 bits per heavy atom. The van der Waals surface area contributed by atoms with E-state index in [1.165, 1.54) is 4.88 Å². The zero-order valence-electron chi connectivity index (χ0n) is 16.4. The van der Waals surface area contributed by atoms with E-state index in [0.29, 0.717) is 18.8 Å². The Morgan fingerprint density at radius 1 is 1.41 bits per heavy atom. The summed E-state index contributed by atoms with van der Waals surface area (Å²) in [5, 5.41) is 7.66. The molecule has 29 heavy (non-hydrogen) atoms. The summed E-state index contributed by atoms with van der Waals surface area (Å²) in [4.78, 5) is 12.2. The first-order valence-corrected chi connectivity index (χ1v) is 10.1. The second-order valence-corrected chi connectivity index (χ2v) is 7.80. The third-order valence-electron chi connectivity index (χ3n) is 4.34. The van der Waals surface area contributed by atoms with Crippen molar-refractivity contribution in [2.24, 2.45) is 4.99 Å². The summed E-state index contributed by atoms with van der Waals surface area (Å²) in [7, 11) is 0. The number of thiazole rings is 1. The molecule has 6 nitrogen and oxygen atoms in total. The lowest BCUT2D eigenvalue weighted by molar-refractivity contribution is -0.0495. The van der Waals surface area contributed by atoms with Crippen molar-refractivity contribution in [2.75, 3.05) is 24.5 Å². The van der Waals surface area contributed by atoms with Crippen molar-refractivity contribution in [1.29, 1.82) is 0 Å². The number of halogens is 3. The largest absolute Gasteiger partial charge is 0.433 e. The molecule has 3 rings (SSSR count). The quantitative estimate of drug-likeness (QED) is 0.318. The van der Waals surface area contributed by atoms with Gasteiger partial charge in [-0.1, -0.05) is 12.1 Å². The first kappa shape index (κ1) is 23.6. The van der Waals surface area contributed by atoms with Gasteiger partial charge in [-0.3, -0.25) is 0 Å². The van der Waals surface area contributed by atoms with E-state index < -0.39 is 6.61 Å². The molecule has 1 fully saturated rings. The highest BCUT2D eigenvalue weighted by Crippen LogP contribution is 2.31. The van der Waals surface area contributed by atoms with Crippen molar-refractivity contribution in [3.8, 4) is 5.75 Å². The summed E-state index contributed by atoms with van der Waals surface area (Å²) < 4.78 is 30.0. The Morgan fingerprint density at radius 2 is 2.21 bits per heavy atom. The van der Waals surface area contributed by atoms with Gasteiger partial charge in [0, 0.05) is 36.8 Å². The lowest BCUT2D eigenvalue weighted by Gasteiger charge is -2.22. The Bertz CT molecular complexity index is 804. The molecule has 0 amide bonds. The average Bonchev–Trinajstić information content (AvgIpc) is 3.29. The van der Waals surface area contributed by atoms with E-state index in [1.807, 2.05) is 32.2 Å². The number of para-hydroxylation sites is 2. The average molecular weight is 537 g/mol. The van der Waals surface area contributed by atoms with E-state index in [1.54, 1.807) is 23.5 Å². The van der Waals surface area contributed by atoms with Gasteiger partial charge < -0.3 is 20.3 Å². The van der Waals surface area contributed by atoms with Crippen molar-refractivity contribution in [1.82, 2.24) is 15.6 Å². The summed E-state index contributed by atoms with van der Waals surface area (Å²) in [6.45, 7) is 3.93. The maximum absolute atomic E-state index is 12.7. The van der Waals surface area contributed by atoms with Gasteiger partial charge in [-0.25, -0.2) is 9.98 Å². The molecular formula is C19H26F2IN5OS. The monoisotopic (exact) mass is 537 g/mol. The molecule has 0 saturated carbocycles. The molecular weight excluding hydrogens is 511 g/mol. The number of aromatic nitrogens is 1. The SMILES string of the molecule is CCNC(=NCc1ncc(C)s1)NC1CCN(c2ccccc2OC(F)F)C1.I. The van der Waals surface area contributed by atoms with Gasteiger partial charge in [0.1, 0.15) is 10.8 Å². The number of aliphatic imine (C=N–C) groups is 1. The van der Waals surface area contributed by atoms with Gasteiger partial charge in [0.2, 0.25) is 0 Å². The second kappa shape index (κ2) is 11.5. The summed E-state index contributed by atoms with van der Waals surface area (Å²) in [5.74, 6) is 0.942. The minimum Gasteiger partial charge on any atom is -0.433 e. The van der Waals surface area contributed by atoms with Gasteiger partial charge >= 0.3 is 6.61 Å². The maximum atomic E-state index is 12.7. The van der Waals surface area contributed by atoms with Crippen LogP contribution in [-0.2, 0) is 6.54 Å². The number of ether oxygens (including phenoxy) is 1. The van der Waals surface area contributed by atoms with Crippen LogP contribution in [0.2, 0.25) is 0 Å². The first-order valence-electron chi connectivity index (χ1n) is 9.30. The van der Waals surface area contributed by atoms with E-state index in [4.69, 9.17) is 0 Å². The van der Waals surface area contributed by atoms with Crippen LogP contribution in [0.25, 0.3) is 0 Å². The van der Waals surface area contributed by atoms with Crippen LogP contribution < -0.4 is 20.3 Å². The maximum Gasteiger partial charge on any atom is 0.387 e. The third-order valence-corrected chi connectivity index (χ3v) is 5.23. The third kappa shape index (κ3) is 6.95. The van der Waals surface area contributed by atoms with Crippen LogP contribution >= 0.6 is 35.3 Å². The normalized spacial score (nSPS) is 16.7. The Balaban J connectivity index is 0.00000300. The number of benzene rings is 1. The van der Waals surface area contributed by atoms with E-state index >= 15 is 0 Å². The molecule has 1 aromatic carbocycles. The minimum absolute atomic E-state index is 0. The summed E-state index contributed by atoms with van der Waals surface area (Å²) in [5.41, 5.74) is 0.687. The molecule has 1 saturated heterocycles. The van der Waals surface area contributed by atoms with Crippen LogP contribution in [0.3, 0.4) is 0 Å². The van der Waals surface area contributed by atoms with Crippen molar-refractivity contribution in [3.05, 3.63) is 40.3 Å². The topological polar surface area (TPSA) is 61.8 Å². The highest BCUT2D eigenvalue weighted by atomic mass is 127. The Kier molecular flexibility index (Phi) is 9.34. The van der Waals surface area contributed by atoms with E-state index in [-0.39, 0.29) is 35.8 Å². The van der Waals surface area contributed by atoms with Gasteiger partial charge in [0.15, 0.2) is 5.96 Å². The lowest BCUT2D eigenvalue weighted by atomic mass is 10.2. The molecule has 1 unspecified atom stereocenters. The molecule has 1 atom stereocenters. The predicted octanol–water partition coefficient (Wildman–Crippen LogP) is 4.00. The number of hydrogen-bond acceptors (Lipinski definition) is 5. The van der Waals surface area contributed by atoms with Gasteiger partial charge in [-0.15, -0.1) is 35.3 Å². The van der Waals surface area contributed by atoms with Gasteiger partial charge in [-0.2, -0.15) is 8.78 Å². The number of alkyl halides is 2. The van der Waals surface area contributed by atoms with E-state index in [0.717, 1.165) is 30.5 Å². The molecule has 1 aliphatic heterocycles. The van der Waals surface area contributed by atoms with E-state index in [2.05, 4.69) is 30.2 Å². The molecule has 2 aromatic rings. The molecule has 0 radical (unpaired) electrons. The van der Waals surface area contributed by atoms with Crippen molar-refractivity contribution in [3.63, 3.8) is 0 Å². The Labute approximate surface area is 190 Å². The van der Waals surface area contributed by atoms with Crippen LogP contribution in [0.1, 0.15) is 23.2 Å². The predicted molar refractivity (Wildman–Crippen MR) is 124 cm³/mol. The van der Waals surface area contributed by atoms with E-state index in [9.17, 15) is 8.78 Å². The van der Waals surface area contributed by atoms with Crippen LogP contribution in [-0.4, -0.2) is 43.2 Å². The van der Waals surface area contributed by atoms with Gasteiger partial charge in [-0.05, 0) is 32.4 Å². The minimum atomic E-state index is -2.83. The van der Waals surface area contributed by atoms with Gasteiger partial charge in [0.25, 0.3) is 0 Å². The molecule has 160 valence electrons. The number of guanidine groups is 1. The molecule has 1 aromatic heterocycles. The molecule has 0 spiro atoms. The number of hydrogen-bond donors (Lipinski definition) is 2. The van der Waals surface area contributed by atoms with Crippen molar-refractivity contribution in [2.45, 2.75) is 39.5 Å². The second-order valence-electron chi connectivity index (χ2n) is 6.48. The summed E-state index contributed by atoms with van der Waals surface area (Å²) >= 11 is 1.64. The lowest BCUT2D eigenvalue weighted by Crippen LogP contribution is -2.44. The van der Waals surface area contributed by atoms with Crippen LogP contribution in [0.4, 0.5) is 14.5 Å². The van der Waals surface area contributed by atoms with Crippen LogP contribution in [0, 0.1) is 6.92 Å². The molecule has 2 N–H and O–H groups in total. The highest BCUT2D eigenvalue weighted by Gasteiger charge is 2.26. The fourth-order valence-electron chi connectivity index (χ4n) is 3.15. The fraction of sp³-hybridized carbons (Fsp3) is 0.474. The zero-order chi connectivity index (χ0) is 19.9. The van der Waals surface area contributed by atoms with Crippen molar-refractivity contribution < 1.29 is 13.5 Å². The number of nitrogens with zero attached hydrogens (tertiary/aromatic N) is 3. The number of anilines is 1. The van der Waals surface area contributed by atoms with Crippen LogP contribution in [0.5, 0.6) is 5.75 Å². The van der Waals surface area contributed by atoms with Gasteiger partial charge in [0.05, 0.1) is 12.2 Å². The summed E-state index contributed by atoms with van der Waals surface area (Å²) in [6, 6.07) is 7.07. The van der Waals surface area contributed by atoms with Crippen molar-refractivity contribution >= 4 is 47.0 Å². The highest BCUT2D eigenvalue weighted by molar-refractivity contribution is 14.0. The molecule has 2 heterocycles. The standard InChI is InChI=1S/C19H25F2N5OS.HI/c1-3-22-19(24-11-17-23-10-13(2)28-17)25-14-8-9-26(12-14)15-6-4-5-7-16(15)27-18(20)21;/h4-7,10,14,18H,3,8-9,11-12H2,1-2H3,(H2,22,24,25);1H. The Hall–Kier alpha value is -1.69. The summed E-state index contributed by atoms with van der Waals surface area (Å²) in [6.07, 6.45) is 2.73. The zero-order valence-corrected chi connectivity index (χ0v) is 19.5. The fourth-order valence-corrected chi connectivity index (χ4v) is 3.86. The first-order chi connectivity index (χ1) is 13.5. The van der Waals surface area contributed by atoms with Crippen LogP contribution in [0.15, 0.2) is 35.5 Å². The number of rotatable bonds is 7. The smallest absolute Gasteiger partial charge is 0.387 e. The number of aryl methyl sites for hydroxylation is 1.